The van der Waals surface area contributed by atoms with Gasteiger partial charge in [0.1, 0.15) is 12.4 Å². The van der Waals surface area contributed by atoms with Crippen LogP contribution in [0.2, 0.25) is 0 Å². The molecule has 0 radical (unpaired) electrons. The van der Waals surface area contributed by atoms with Crippen molar-refractivity contribution in [2.45, 2.75) is 25.4 Å². The summed E-state index contributed by atoms with van der Waals surface area (Å²) in [6.45, 7) is 0.887. The summed E-state index contributed by atoms with van der Waals surface area (Å²) >= 11 is 3.19. The summed E-state index contributed by atoms with van der Waals surface area (Å²) in [4.78, 5) is 11.7. The molecule has 0 N–H and O–H groups in total. The Bertz CT molecular complexity index is 430. The molecule has 0 aromatic heterocycles. The van der Waals surface area contributed by atoms with E-state index in [-0.39, 0.29) is 18.3 Å². The smallest absolute Gasteiger partial charge is 0.341 e. The number of carbonyl (C=O) groups is 1. The molecule has 1 aromatic carbocycles. The number of benzene rings is 1. The van der Waals surface area contributed by atoms with E-state index in [1.54, 1.807) is 0 Å². The lowest BCUT2D eigenvalue weighted by atomic mass is 10.1. The minimum atomic E-state index is -0.650. The van der Waals surface area contributed by atoms with Crippen LogP contribution in [0.3, 0.4) is 0 Å². The fraction of sp³-hybridized carbons (Fsp3) is 0.462. The predicted molar refractivity (Wildman–Crippen MR) is 68.0 cm³/mol. The Morgan fingerprint density at radius 2 is 2.33 bits per heavy atom. The first-order chi connectivity index (χ1) is 8.66. The van der Waals surface area contributed by atoms with Crippen molar-refractivity contribution in [2.24, 2.45) is 0 Å². The number of esters is 1. The monoisotopic (exact) mass is 316 g/mol. The summed E-state index contributed by atoms with van der Waals surface area (Å²) in [5, 5.41) is 0. The lowest BCUT2D eigenvalue weighted by Crippen LogP contribution is -2.26. The van der Waals surface area contributed by atoms with Crippen LogP contribution in [0.25, 0.3) is 0 Å². The molecule has 1 atom stereocenters. The average molecular weight is 317 g/mol. The Kier molecular flexibility index (Phi) is 4.72. The second-order valence-electron chi connectivity index (χ2n) is 4.21. The molecule has 1 fully saturated rings. The molecule has 0 aliphatic carbocycles. The van der Waals surface area contributed by atoms with E-state index in [0.29, 0.717) is 11.1 Å². The predicted octanol–water partition coefficient (Wildman–Crippen LogP) is 3.31. The van der Waals surface area contributed by atoms with E-state index >= 15 is 0 Å². The number of hydrogen-bond acceptors (Lipinski definition) is 3. The van der Waals surface area contributed by atoms with Gasteiger partial charge in [0.15, 0.2) is 0 Å². The number of rotatable bonds is 3. The van der Waals surface area contributed by atoms with Gasteiger partial charge in [-0.2, -0.15) is 0 Å². The summed E-state index contributed by atoms with van der Waals surface area (Å²) in [6, 6.07) is 4.19. The number of carbonyl (C=O) groups excluding carboxylic acids is 1. The van der Waals surface area contributed by atoms with E-state index in [2.05, 4.69) is 15.9 Å². The number of ether oxygens (including phenoxy) is 2. The summed E-state index contributed by atoms with van der Waals surface area (Å²) < 4.78 is 24.6. The molecule has 18 heavy (non-hydrogen) atoms. The molecular weight excluding hydrogens is 303 g/mol. The van der Waals surface area contributed by atoms with Crippen molar-refractivity contribution in [3.8, 4) is 0 Å². The molecule has 1 saturated heterocycles. The molecule has 0 amide bonds. The van der Waals surface area contributed by atoms with Gasteiger partial charge in [0.25, 0.3) is 0 Å². The van der Waals surface area contributed by atoms with Crippen molar-refractivity contribution < 1.29 is 18.7 Å². The standard InChI is InChI=1S/C13H14BrFO3/c14-9-4-5-12(15)11(7-9)13(16)18-8-10-3-1-2-6-17-10/h4-5,7,10H,1-3,6,8H2. The van der Waals surface area contributed by atoms with Gasteiger partial charge in [0, 0.05) is 11.1 Å². The molecule has 1 aliphatic rings. The molecule has 5 heteroatoms. The van der Waals surface area contributed by atoms with Crippen molar-refractivity contribution in [3.05, 3.63) is 34.1 Å². The molecule has 1 aliphatic heterocycles. The molecule has 98 valence electrons. The fourth-order valence-corrected chi connectivity index (χ4v) is 2.20. The molecule has 1 unspecified atom stereocenters. The number of halogens is 2. The first-order valence-electron chi connectivity index (χ1n) is 5.90. The van der Waals surface area contributed by atoms with Gasteiger partial charge < -0.3 is 9.47 Å². The second kappa shape index (κ2) is 6.29. The summed E-state index contributed by atoms with van der Waals surface area (Å²) in [5.74, 6) is -1.23. The van der Waals surface area contributed by atoms with Crippen LogP contribution in [0.5, 0.6) is 0 Å². The van der Waals surface area contributed by atoms with Crippen molar-refractivity contribution in [2.75, 3.05) is 13.2 Å². The second-order valence-corrected chi connectivity index (χ2v) is 5.13. The Balaban J connectivity index is 1.92. The van der Waals surface area contributed by atoms with Crippen LogP contribution in [0, 0.1) is 5.82 Å². The topological polar surface area (TPSA) is 35.5 Å². The summed E-state index contributed by atoms with van der Waals surface area (Å²) in [5.41, 5.74) is -0.0554. The van der Waals surface area contributed by atoms with E-state index in [4.69, 9.17) is 9.47 Å². The Labute approximate surface area is 113 Å². The third-order valence-corrected chi connectivity index (χ3v) is 3.32. The molecular formula is C13H14BrFO3. The lowest BCUT2D eigenvalue weighted by Gasteiger charge is -2.22. The van der Waals surface area contributed by atoms with Gasteiger partial charge in [-0.1, -0.05) is 15.9 Å². The summed E-state index contributed by atoms with van der Waals surface area (Å²) in [6.07, 6.45) is 2.95. The highest BCUT2D eigenvalue weighted by molar-refractivity contribution is 9.10. The zero-order chi connectivity index (χ0) is 13.0. The third-order valence-electron chi connectivity index (χ3n) is 2.82. The van der Waals surface area contributed by atoms with E-state index in [0.717, 1.165) is 19.3 Å². The SMILES string of the molecule is O=C(OCC1CCCCO1)c1cc(Br)ccc1F. The first kappa shape index (κ1) is 13.5. The van der Waals surface area contributed by atoms with Crippen LogP contribution >= 0.6 is 15.9 Å². The van der Waals surface area contributed by atoms with Crippen molar-refractivity contribution >= 4 is 21.9 Å². The van der Waals surface area contributed by atoms with Crippen molar-refractivity contribution in [1.82, 2.24) is 0 Å². The highest BCUT2D eigenvalue weighted by Crippen LogP contribution is 2.18. The van der Waals surface area contributed by atoms with Crippen LogP contribution in [-0.2, 0) is 9.47 Å². The Morgan fingerprint density at radius 1 is 1.50 bits per heavy atom. The summed E-state index contributed by atoms with van der Waals surface area (Å²) in [7, 11) is 0. The Hall–Kier alpha value is -0.940. The average Bonchev–Trinajstić information content (AvgIpc) is 2.40. The van der Waals surface area contributed by atoms with Crippen LogP contribution in [0.1, 0.15) is 29.6 Å². The maximum atomic E-state index is 13.4. The zero-order valence-corrected chi connectivity index (χ0v) is 11.4. The van der Waals surface area contributed by atoms with Crippen LogP contribution < -0.4 is 0 Å². The van der Waals surface area contributed by atoms with Crippen LogP contribution in [0.4, 0.5) is 4.39 Å². The molecule has 2 rings (SSSR count). The van der Waals surface area contributed by atoms with Gasteiger partial charge in [-0.15, -0.1) is 0 Å². The quantitative estimate of drug-likeness (QED) is 0.802. The van der Waals surface area contributed by atoms with Crippen molar-refractivity contribution in [3.63, 3.8) is 0 Å². The highest BCUT2D eigenvalue weighted by atomic mass is 79.9. The van der Waals surface area contributed by atoms with Gasteiger partial charge in [0.2, 0.25) is 0 Å². The van der Waals surface area contributed by atoms with Crippen LogP contribution in [-0.4, -0.2) is 25.3 Å². The zero-order valence-electron chi connectivity index (χ0n) is 9.83. The molecule has 1 heterocycles. The van der Waals surface area contributed by atoms with Gasteiger partial charge in [0.05, 0.1) is 11.7 Å². The van der Waals surface area contributed by atoms with Gasteiger partial charge in [-0.3, -0.25) is 0 Å². The first-order valence-corrected chi connectivity index (χ1v) is 6.70. The lowest BCUT2D eigenvalue weighted by molar-refractivity contribution is -0.0302. The maximum Gasteiger partial charge on any atom is 0.341 e. The normalized spacial score (nSPS) is 19.6. The minimum absolute atomic E-state index is 0.0554. The molecule has 0 spiro atoms. The van der Waals surface area contributed by atoms with E-state index in [9.17, 15) is 9.18 Å². The van der Waals surface area contributed by atoms with Crippen molar-refractivity contribution in [1.29, 1.82) is 0 Å². The minimum Gasteiger partial charge on any atom is -0.459 e. The van der Waals surface area contributed by atoms with E-state index in [1.165, 1.54) is 18.2 Å². The molecule has 1 aromatic rings. The third kappa shape index (κ3) is 3.53. The van der Waals surface area contributed by atoms with Gasteiger partial charge in [-0.25, -0.2) is 9.18 Å². The fourth-order valence-electron chi connectivity index (χ4n) is 1.84. The molecule has 0 saturated carbocycles. The maximum absolute atomic E-state index is 13.4. The van der Waals surface area contributed by atoms with Gasteiger partial charge in [-0.05, 0) is 37.5 Å². The molecule has 3 nitrogen and oxygen atoms in total. The Morgan fingerprint density at radius 3 is 3.06 bits per heavy atom. The highest BCUT2D eigenvalue weighted by Gasteiger charge is 2.18. The largest absolute Gasteiger partial charge is 0.459 e. The van der Waals surface area contributed by atoms with E-state index in [1.807, 2.05) is 0 Å². The molecule has 0 bridgehead atoms. The number of hydrogen-bond donors (Lipinski definition) is 0. The van der Waals surface area contributed by atoms with Gasteiger partial charge >= 0.3 is 5.97 Å². The van der Waals surface area contributed by atoms with Crippen LogP contribution in [0.15, 0.2) is 22.7 Å². The van der Waals surface area contributed by atoms with E-state index < -0.39 is 11.8 Å².